The highest BCUT2D eigenvalue weighted by atomic mass is 79.9. The zero-order valence-corrected chi connectivity index (χ0v) is 19.9. The highest BCUT2D eigenvalue weighted by Gasteiger charge is 2.51. The largest absolute Gasteiger partial charge is 0.375 e. The van der Waals surface area contributed by atoms with Crippen molar-refractivity contribution >= 4 is 33.3 Å². The molecule has 0 bridgehead atoms. The Kier molecular flexibility index (Phi) is 5.90. The molecule has 168 valence electrons. The summed E-state index contributed by atoms with van der Waals surface area (Å²) in [6, 6.07) is 32.1. The summed E-state index contributed by atoms with van der Waals surface area (Å²) >= 11 is 3.44. The SMILES string of the molecule is O=C(CC1(O)C(=O)N(Cc2ccccc2)c2ccc(Br)cc21)c1ccc(-c2ccccc2)cc1. The second kappa shape index (κ2) is 9.01. The molecule has 0 aliphatic carbocycles. The van der Waals surface area contributed by atoms with Crippen LogP contribution in [0.4, 0.5) is 5.69 Å². The van der Waals surface area contributed by atoms with E-state index in [0.29, 0.717) is 23.4 Å². The van der Waals surface area contributed by atoms with E-state index >= 15 is 0 Å². The zero-order valence-electron chi connectivity index (χ0n) is 18.3. The van der Waals surface area contributed by atoms with Crippen molar-refractivity contribution in [3.63, 3.8) is 0 Å². The Morgan fingerprint density at radius 1 is 0.824 bits per heavy atom. The molecule has 0 saturated heterocycles. The highest BCUT2D eigenvalue weighted by Crippen LogP contribution is 2.44. The number of aliphatic hydroxyl groups is 1. The third-order valence-electron chi connectivity index (χ3n) is 6.21. The number of halogens is 1. The third-order valence-corrected chi connectivity index (χ3v) is 6.70. The van der Waals surface area contributed by atoms with Gasteiger partial charge in [-0.1, -0.05) is 101 Å². The van der Waals surface area contributed by atoms with Crippen LogP contribution in [0.5, 0.6) is 0 Å². The van der Waals surface area contributed by atoms with Crippen LogP contribution >= 0.6 is 15.9 Å². The van der Waals surface area contributed by atoms with Crippen molar-refractivity contribution in [3.05, 3.63) is 124 Å². The Bertz CT molecular complexity index is 1350. The average Bonchev–Trinajstić information content (AvgIpc) is 3.06. The Morgan fingerprint density at radius 3 is 2.12 bits per heavy atom. The number of hydrogen-bond donors (Lipinski definition) is 1. The molecular weight excluding hydrogens is 490 g/mol. The lowest BCUT2D eigenvalue weighted by atomic mass is 9.88. The normalized spacial score (nSPS) is 17.0. The topological polar surface area (TPSA) is 57.6 Å². The summed E-state index contributed by atoms with van der Waals surface area (Å²) in [5.74, 6) is -0.776. The van der Waals surface area contributed by atoms with Gasteiger partial charge in [-0.05, 0) is 34.9 Å². The number of benzene rings is 4. The average molecular weight is 512 g/mol. The van der Waals surface area contributed by atoms with E-state index in [0.717, 1.165) is 21.2 Å². The summed E-state index contributed by atoms with van der Waals surface area (Å²) in [6.07, 6.45) is -0.328. The molecule has 1 unspecified atom stereocenters. The van der Waals surface area contributed by atoms with Gasteiger partial charge in [0.05, 0.1) is 18.7 Å². The molecule has 0 spiro atoms. The lowest BCUT2D eigenvalue weighted by Crippen LogP contribution is -2.41. The van der Waals surface area contributed by atoms with Crippen LogP contribution in [0.3, 0.4) is 0 Å². The lowest BCUT2D eigenvalue weighted by molar-refractivity contribution is -0.136. The van der Waals surface area contributed by atoms with Crippen LogP contribution in [-0.4, -0.2) is 16.8 Å². The summed E-state index contributed by atoms with van der Waals surface area (Å²) in [5.41, 5.74) is 2.58. The molecule has 4 aromatic rings. The van der Waals surface area contributed by atoms with Gasteiger partial charge in [0.1, 0.15) is 0 Å². The van der Waals surface area contributed by atoms with E-state index in [9.17, 15) is 14.7 Å². The number of fused-ring (bicyclic) bond motifs is 1. The number of carbonyl (C=O) groups excluding carboxylic acids is 2. The molecule has 1 atom stereocenters. The molecule has 0 radical (unpaired) electrons. The van der Waals surface area contributed by atoms with Gasteiger partial charge in [-0.2, -0.15) is 0 Å². The van der Waals surface area contributed by atoms with Crippen LogP contribution in [0.2, 0.25) is 0 Å². The first-order chi connectivity index (χ1) is 16.5. The number of Topliss-reactive ketones (excluding diaryl/α,β-unsaturated/α-hetero) is 1. The van der Waals surface area contributed by atoms with Crippen LogP contribution in [-0.2, 0) is 16.9 Å². The number of carbonyl (C=O) groups is 2. The van der Waals surface area contributed by atoms with E-state index in [1.807, 2.05) is 78.9 Å². The molecule has 1 aliphatic heterocycles. The van der Waals surface area contributed by atoms with E-state index in [-0.39, 0.29) is 12.2 Å². The zero-order chi connectivity index (χ0) is 23.7. The van der Waals surface area contributed by atoms with Gasteiger partial charge in [0.25, 0.3) is 5.91 Å². The minimum absolute atomic E-state index is 0.289. The molecule has 4 nitrogen and oxygen atoms in total. The van der Waals surface area contributed by atoms with Crippen molar-refractivity contribution in [3.8, 4) is 11.1 Å². The fraction of sp³-hybridized carbons (Fsp3) is 0.103. The molecule has 0 saturated carbocycles. The molecule has 1 amide bonds. The fourth-order valence-corrected chi connectivity index (χ4v) is 4.79. The summed E-state index contributed by atoms with van der Waals surface area (Å²) in [7, 11) is 0. The second-order valence-corrected chi connectivity index (χ2v) is 9.36. The number of rotatable bonds is 6. The Morgan fingerprint density at radius 2 is 1.44 bits per heavy atom. The van der Waals surface area contributed by atoms with Gasteiger partial charge in [-0.25, -0.2) is 0 Å². The minimum atomic E-state index is -1.93. The van der Waals surface area contributed by atoms with E-state index in [1.54, 1.807) is 29.2 Å². The van der Waals surface area contributed by atoms with E-state index in [1.165, 1.54) is 0 Å². The molecule has 1 heterocycles. The van der Waals surface area contributed by atoms with Gasteiger partial charge in [0.2, 0.25) is 0 Å². The molecule has 5 heteroatoms. The van der Waals surface area contributed by atoms with Crippen molar-refractivity contribution in [1.29, 1.82) is 0 Å². The quantitative estimate of drug-likeness (QED) is 0.317. The monoisotopic (exact) mass is 511 g/mol. The van der Waals surface area contributed by atoms with E-state index in [2.05, 4.69) is 15.9 Å². The van der Waals surface area contributed by atoms with Crippen molar-refractivity contribution in [1.82, 2.24) is 0 Å². The molecule has 0 aromatic heterocycles. The molecule has 4 aromatic carbocycles. The number of hydrogen-bond acceptors (Lipinski definition) is 3. The third kappa shape index (κ3) is 4.09. The summed E-state index contributed by atoms with van der Waals surface area (Å²) < 4.78 is 0.735. The first-order valence-corrected chi connectivity index (χ1v) is 11.8. The van der Waals surface area contributed by atoms with Crippen LogP contribution in [0.15, 0.2) is 108 Å². The maximum Gasteiger partial charge on any atom is 0.264 e. The summed E-state index contributed by atoms with van der Waals surface area (Å²) in [5, 5.41) is 11.6. The van der Waals surface area contributed by atoms with Gasteiger partial charge in [0.15, 0.2) is 11.4 Å². The maximum atomic E-state index is 13.5. The summed E-state index contributed by atoms with van der Waals surface area (Å²) in [6.45, 7) is 0.316. The van der Waals surface area contributed by atoms with Crippen LogP contribution in [0.25, 0.3) is 11.1 Å². The van der Waals surface area contributed by atoms with Crippen molar-refractivity contribution in [2.75, 3.05) is 4.90 Å². The Labute approximate surface area is 206 Å². The maximum absolute atomic E-state index is 13.5. The van der Waals surface area contributed by atoms with E-state index in [4.69, 9.17) is 0 Å². The van der Waals surface area contributed by atoms with Gasteiger partial charge in [-0.15, -0.1) is 0 Å². The van der Waals surface area contributed by atoms with Gasteiger partial charge in [-0.3, -0.25) is 9.59 Å². The molecular formula is C29H22BrNO3. The molecule has 1 aliphatic rings. The van der Waals surface area contributed by atoms with Crippen LogP contribution in [0.1, 0.15) is 27.9 Å². The smallest absolute Gasteiger partial charge is 0.264 e. The fourth-order valence-electron chi connectivity index (χ4n) is 4.43. The second-order valence-electron chi connectivity index (χ2n) is 8.44. The van der Waals surface area contributed by atoms with Gasteiger partial charge in [0, 0.05) is 15.6 Å². The van der Waals surface area contributed by atoms with E-state index < -0.39 is 11.5 Å². The van der Waals surface area contributed by atoms with Crippen LogP contribution in [0, 0.1) is 0 Å². The highest BCUT2D eigenvalue weighted by molar-refractivity contribution is 9.10. The first kappa shape index (κ1) is 22.3. The van der Waals surface area contributed by atoms with Gasteiger partial charge >= 0.3 is 0 Å². The molecule has 0 fully saturated rings. The number of nitrogens with zero attached hydrogens (tertiary/aromatic N) is 1. The van der Waals surface area contributed by atoms with Crippen molar-refractivity contribution in [2.24, 2.45) is 0 Å². The van der Waals surface area contributed by atoms with Gasteiger partial charge < -0.3 is 10.0 Å². The van der Waals surface area contributed by atoms with Crippen LogP contribution < -0.4 is 4.90 Å². The first-order valence-electron chi connectivity index (χ1n) is 11.0. The molecule has 1 N–H and O–H groups in total. The van der Waals surface area contributed by atoms with Crippen molar-refractivity contribution < 1.29 is 14.7 Å². The Balaban J connectivity index is 1.44. The Hall–Kier alpha value is -3.54. The standard InChI is InChI=1S/C29H22BrNO3/c30-24-15-16-26-25(17-24)29(34,28(33)31(26)19-20-7-3-1-4-8-20)18-27(32)23-13-11-22(12-14-23)21-9-5-2-6-10-21/h1-17,34H,18-19H2. The predicted molar refractivity (Wildman–Crippen MR) is 136 cm³/mol. The minimum Gasteiger partial charge on any atom is -0.375 e. The number of ketones is 1. The number of amides is 1. The predicted octanol–water partition coefficient (Wildman–Crippen LogP) is 6.12. The lowest BCUT2D eigenvalue weighted by Gasteiger charge is -2.23. The number of anilines is 1. The molecule has 34 heavy (non-hydrogen) atoms. The molecule has 5 rings (SSSR count). The van der Waals surface area contributed by atoms with Crippen molar-refractivity contribution in [2.45, 2.75) is 18.6 Å². The summed E-state index contributed by atoms with van der Waals surface area (Å²) in [4.78, 5) is 28.3.